The van der Waals surface area contributed by atoms with Crippen molar-refractivity contribution in [3.63, 3.8) is 0 Å². The maximum atomic E-state index is 9.14. The SMILES string of the molecule is Cc1ccc(CO)c2sc(I)cc12. The molecule has 0 saturated carbocycles. The lowest BCUT2D eigenvalue weighted by Crippen LogP contribution is -1.83. The molecule has 0 unspecified atom stereocenters. The highest BCUT2D eigenvalue weighted by atomic mass is 127. The molecule has 0 saturated heterocycles. The predicted molar refractivity (Wildman–Crippen MR) is 65.2 cm³/mol. The van der Waals surface area contributed by atoms with Gasteiger partial charge in [-0.2, -0.15) is 0 Å². The molecule has 0 spiro atoms. The van der Waals surface area contributed by atoms with Crippen LogP contribution in [0.1, 0.15) is 11.1 Å². The van der Waals surface area contributed by atoms with Crippen LogP contribution < -0.4 is 0 Å². The van der Waals surface area contributed by atoms with Crippen LogP contribution in [0.25, 0.3) is 10.1 Å². The maximum Gasteiger partial charge on any atom is 0.0695 e. The third kappa shape index (κ3) is 1.60. The Kier molecular flexibility index (Phi) is 2.58. The number of hydrogen-bond donors (Lipinski definition) is 1. The van der Waals surface area contributed by atoms with Crippen LogP contribution in [0.3, 0.4) is 0 Å². The maximum absolute atomic E-state index is 9.14. The molecule has 0 bridgehead atoms. The third-order valence-electron chi connectivity index (χ3n) is 2.12. The highest BCUT2D eigenvalue weighted by molar-refractivity contribution is 14.1. The molecule has 1 nitrogen and oxygen atoms in total. The molecular formula is C10H9IOS. The van der Waals surface area contributed by atoms with E-state index in [0.717, 1.165) is 5.56 Å². The molecule has 0 radical (unpaired) electrons. The van der Waals surface area contributed by atoms with E-state index >= 15 is 0 Å². The first kappa shape index (κ1) is 9.43. The molecule has 1 aromatic carbocycles. The number of benzene rings is 1. The molecule has 2 rings (SSSR count). The van der Waals surface area contributed by atoms with Gasteiger partial charge in [0.1, 0.15) is 0 Å². The van der Waals surface area contributed by atoms with Gasteiger partial charge in [0.25, 0.3) is 0 Å². The van der Waals surface area contributed by atoms with Crippen LogP contribution in [0, 0.1) is 9.81 Å². The molecule has 0 aliphatic heterocycles. The van der Waals surface area contributed by atoms with E-state index in [2.05, 4.69) is 41.6 Å². The minimum Gasteiger partial charge on any atom is -0.392 e. The van der Waals surface area contributed by atoms with Gasteiger partial charge in [-0.05, 0) is 52.1 Å². The third-order valence-corrected chi connectivity index (χ3v) is 4.09. The lowest BCUT2D eigenvalue weighted by atomic mass is 10.1. The van der Waals surface area contributed by atoms with Crippen molar-refractivity contribution in [3.05, 3.63) is 32.2 Å². The van der Waals surface area contributed by atoms with E-state index in [-0.39, 0.29) is 6.61 Å². The lowest BCUT2D eigenvalue weighted by Gasteiger charge is -2.00. The van der Waals surface area contributed by atoms with Gasteiger partial charge in [0.05, 0.1) is 9.49 Å². The van der Waals surface area contributed by atoms with Crippen LogP contribution in [-0.4, -0.2) is 5.11 Å². The van der Waals surface area contributed by atoms with Gasteiger partial charge in [-0.3, -0.25) is 0 Å². The van der Waals surface area contributed by atoms with Crippen molar-refractivity contribution in [1.29, 1.82) is 0 Å². The molecule has 1 aromatic heterocycles. The van der Waals surface area contributed by atoms with Gasteiger partial charge in [-0.15, -0.1) is 11.3 Å². The van der Waals surface area contributed by atoms with E-state index in [1.807, 2.05) is 6.07 Å². The summed E-state index contributed by atoms with van der Waals surface area (Å²) in [4.78, 5) is 0. The number of fused-ring (bicyclic) bond motifs is 1. The molecule has 68 valence electrons. The van der Waals surface area contributed by atoms with E-state index in [1.54, 1.807) is 11.3 Å². The van der Waals surface area contributed by atoms with Crippen LogP contribution in [0.15, 0.2) is 18.2 Å². The summed E-state index contributed by atoms with van der Waals surface area (Å²) in [6.07, 6.45) is 0. The summed E-state index contributed by atoms with van der Waals surface area (Å²) in [5.74, 6) is 0. The van der Waals surface area contributed by atoms with Crippen LogP contribution in [-0.2, 0) is 6.61 Å². The Morgan fingerprint density at radius 1 is 1.46 bits per heavy atom. The lowest BCUT2D eigenvalue weighted by molar-refractivity contribution is 0.283. The van der Waals surface area contributed by atoms with Gasteiger partial charge in [0.15, 0.2) is 0 Å². The fourth-order valence-corrected chi connectivity index (χ4v) is 3.35. The van der Waals surface area contributed by atoms with Crippen LogP contribution in [0.2, 0.25) is 0 Å². The van der Waals surface area contributed by atoms with Crippen LogP contribution >= 0.6 is 33.9 Å². The van der Waals surface area contributed by atoms with Crippen molar-refractivity contribution >= 4 is 44.0 Å². The molecular weight excluding hydrogens is 295 g/mol. The van der Waals surface area contributed by atoms with Gasteiger partial charge in [0.2, 0.25) is 0 Å². The Balaban J connectivity index is 2.83. The van der Waals surface area contributed by atoms with Crippen LogP contribution in [0.5, 0.6) is 0 Å². The number of aryl methyl sites for hydroxylation is 1. The minimum atomic E-state index is 0.132. The summed E-state index contributed by atoms with van der Waals surface area (Å²) in [6, 6.07) is 6.25. The number of aliphatic hydroxyl groups is 1. The molecule has 0 aliphatic carbocycles. The zero-order valence-corrected chi connectivity index (χ0v) is 10.1. The summed E-state index contributed by atoms with van der Waals surface area (Å²) >= 11 is 4.06. The van der Waals surface area contributed by atoms with Gasteiger partial charge >= 0.3 is 0 Å². The summed E-state index contributed by atoms with van der Waals surface area (Å²) < 4.78 is 2.50. The Hall–Kier alpha value is -0.130. The second-order valence-electron chi connectivity index (χ2n) is 2.99. The van der Waals surface area contributed by atoms with E-state index in [1.165, 1.54) is 18.5 Å². The first-order chi connectivity index (χ1) is 6.22. The largest absolute Gasteiger partial charge is 0.392 e. The topological polar surface area (TPSA) is 20.2 Å². The van der Waals surface area contributed by atoms with Gasteiger partial charge in [-0.1, -0.05) is 12.1 Å². The summed E-state index contributed by atoms with van der Waals surface area (Å²) in [7, 11) is 0. The zero-order valence-electron chi connectivity index (χ0n) is 7.17. The molecule has 0 aliphatic rings. The fraction of sp³-hybridized carbons (Fsp3) is 0.200. The number of aliphatic hydroxyl groups excluding tert-OH is 1. The molecule has 0 fully saturated rings. The highest BCUT2D eigenvalue weighted by Crippen LogP contribution is 2.31. The molecule has 1 heterocycles. The molecule has 13 heavy (non-hydrogen) atoms. The van der Waals surface area contributed by atoms with Gasteiger partial charge in [-0.25, -0.2) is 0 Å². The number of halogens is 1. The fourth-order valence-electron chi connectivity index (χ4n) is 1.41. The van der Waals surface area contributed by atoms with Crippen molar-refractivity contribution in [1.82, 2.24) is 0 Å². The predicted octanol–water partition coefficient (Wildman–Crippen LogP) is 3.31. The Morgan fingerprint density at radius 3 is 2.92 bits per heavy atom. The van der Waals surface area contributed by atoms with Crippen molar-refractivity contribution in [3.8, 4) is 0 Å². The second kappa shape index (κ2) is 3.55. The standard InChI is InChI=1S/C10H9IOS/c1-6-2-3-7(5-12)10-8(6)4-9(11)13-10/h2-4,12H,5H2,1H3. The normalized spacial score (nSPS) is 11.0. The first-order valence-electron chi connectivity index (χ1n) is 4.01. The summed E-state index contributed by atoms with van der Waals surface area (Å²) in [5, 5.41) is 10.4. The number of rotatable bonds is 1. The van der Waals surface area contributed by atoms with Gasteiger partial charge < -0.3 is 5.11 Å². The van der Waals surface area contributed by atoms with E-state index in [9.17, 15) is 0 Å². The van der Waals surface area contributed by atoms with Crippen LogP contribution in [0.4, 0.5) is 0 Å². The molecule has 2 aromatic rings. The van der Waals surface area contributed by atoms with E-state index < -0.39 is 0 Å². The molecule has 0 atom stereocenters. The van der Waals surface area contributed by atoms with Gasteiger partial charge in [0, 0.05) is 4.70 Å². The molecule has 1 N–H and O–H groups in total. The quantitative estimate of drug-likeness (QED) is 0.802. The highest BCUT2D eigenvalue weighted by Gasteiger charge is 2.06. The minimum absolute atomic E-state index is 0.132. The smallest absolute Gasteiger partial charge is 0.0695 e. The number of thiophene rings is 1. The Morgan fingerprint density at radius 2 is 2.23 bits per heavy atom. The Labute approximate surface area is 94.5 Å². The van der Waals surface area contributed by atoms with E-state index in [4.69, 9.17) is 5.11 Å². The number of hydrogen-bond acceptors (Lipinski definition) is 2. The second-order valence-corrected chi connectivity index (χ2v) is 5.94. The van der Waals surface area contributed by atoms with Crippen molar-refractivity contribution in [2.75, 3.05) is 0 Å². The van der Waals surface area contributed by atoms with Crippen molar-refractivity contribution in [2.45, 2.75) is 13.5 Å². The van der Waals surface area contributed by atoms with E-state index in [0.29, 0.717) is 0 Å². The molecule has 3 heteroatoms. The summed E-state index contributed by atoms with van der Waals surface area (Å²) in [5.41, 5.74) is 2.32. The first-order valence-corrected chi connectivity index (χ1v) is 5.90. The van der Waals surface area contributed by atoms with Crippen molar-refractivity contribution in [2.24, 2.45) is 0 Å². The Bertz CT molecular complexity index is 447. The van der Waals surface area contributed by atoms with Crippen molar-refractivity contribution < 1.29 is 5.11 Å². The average molecular weight is 304 g/mol. The summed E-state index contributed by atoms with van der Waals surface area (Å²) in [6.45, 7) is 2.24. The average Bonchev–Trinajstić information content (AvgIpc) is 2.48. The monoisotopic (exact) mass is 304 g/mol. The molecule has 0 amide bonds. The zero-order chi connectivity index (χ0) is 9.42.